The first kappa shape index (κ1) is 25.0. The molecule has 3 N–H and O–H groups in total. The minimum atomic E-state index is -2.90. The number of hydrogen-bond donors (Lipinski definition) is 2. The Labute approximate surface area is 192 Å². The topological polar surface area (TPSA) is 105 Å². The summed E-state index contributed by atoms with van der Waals surface area (Å²) >= 11 is 0. The van der Waals surface area contributed by atoms with Crippen LogP contribution in [0.2, 0.25) is 0 Å². The molecule has 0 bridgehead atoms. The van der Waals surface area contributed by atoms with E-state index in [0.29, 0.717) is 31.3 Å². The molecule has 1 saturated heterocycles. The van der Waals surface area contributed by atoms with Crippen LogP contribution >= 0.6 is 0 Å². The number of rotatable bonds is 10. The number of amides is 3. The van der Waals surface area contributed by atoms with Crippen LogP contribution in [0.1, 0.15) is 45.1 Å². The molecule has 8 nitrogen and oxygen atoms in total. The first-order chi connectivity index (χ1) is 15.7. The lowest BCUT2D eigenvalue weighted by atomic mass is 9.84. The number of nitrogens with one attached hydrogen (secondary N) is 1. The van der Waals surface area contributed by atoms with Gasteiger partial charge in [-0.05, 0) is 42.9 Å². The Morgan fingerprint density at radius 2 is 2.03 bits per heavy atom. The third kappa shape index (κ3) is 6.26. The number of ether oxygens (including phenoxy) is 1. The molecule has 1 aromatic rings. The molecule has 1 aliphatic carbocycles. The Balaban J connectivity index is 1.83. The predicted molar refractivity (Wildman–Crippen MR) is 120 cm³/mol. The number of carbonyl (C=O) groups excluding carboxylic acids is 3. The largest absolute Gasteiger partial charge is 0.370 e. The highest BCUT2D eigenvalue weighted by Gasteiger charge is 2.35. The molecule has 2 aliphatic rings. The van der Waals surface area contributed by atoms with Gasteiger partial charge in [-0.2, -0.15) is 0 Å². The molecule has 182 valence electrons. The van der Waals surface area contributed by atoms with E-state index in [9.17, 15) is 23.2 Å². The van der Waals surface area contributed by atoms with Gasteiger partial charge in [0.05, 0.1) is 6.61 Å². The summed E-state index contributed by atoms with van der Waals surface area (Å²) in [6.07, 6.45) is 0.270. The van der Waals surface area contributed by atoms with E-state index in [1.165, 1.54) is 23.1 Å². The van der Waals surface area contributed by atoms with Crippen molar-refractivity contribution in [2.75, 3.05) is 43.1 Å². The van der Waals surface area contributed by atoms with Gasteiger partial charge in [-0.15, -0.1) is 0 Å². The Bertz CT molecular complexity index is 876. The molecule has 3 rings (SSSR count). The molecule has 1 heterocycles. The van der Waals surface area contributed by atoms with Gasteiger partial charge in [-0.25, -0.2) is 8.78 Å². The number of nitrogens with two attached hydrogens (primary N) is 1. The summed E-state index contributed by atoms with van der Waals surface area (Å²) in [5, 5.41) is 2.49. The molecule has 0 aromatic heterocycles. The molecule has 0 unspecified atom stereocenters. The zero-order chi connectivity index (χ0) is 24.1. The van der Waals surface area contributed by atoms with Crippen LogP contribution in [-0.2, 0) is 19.1 Å². The van der Waals surface area contributed by atoms with Crippen molar-refractivity contribution >= 4 is 29.1 Å². The van der Waals surface area contributed by atoms with Crippen LogP contribution in [0.25, 0.3) is 0 Å². The van der Waals surface area contributed by atoms with Crippen LogP contribution in [0.5, 0.6) is 0 Å². The van der Waals surface area contributed by atoms with Crippen LogP contribution in [0.4, 0.5) is 20.2 Å². The summed E-state index contributed by atoms with van der Waals surface area (Å²) in [5.74, 6) is -1.31. The second-order valence-corrected chi connectivity index (χ2v) is 9.11. The second-order valence-electron chi connectivity index (χ2n) is 9.11. The number of nitrogens with zero attached hydrogens (tertiary/aromatic N) is 2. The van der Waals surface area contributed by atoms with E-state index >= 15 is 0 Å². The van der Waals surface area contributed by atoms with Gasteiger partial charge in [-0.3, -0.25) is 19.3 Å². The number of alkyl halides is 2. The minimum Gasteiger partial charge on any atom is -0.370 e. The number of primary amides is 1. The molecule has 1 aliphatic heterocycles. The maximum Gasteiger partial charge on any atom is 0.265 e. The van der Waals surface area contributed by atoms with E-state index in [4.69, 9.17) is 10.5 Å². The molecule has 10 heteroatoms. The average molecular weight is 467 g/mol. The van der Waals surface area contributed by atoms with E-state index in [-0.39, 0.29) is 30.7 Å². The first-order valence-corrected chi connectivity index (χ1v) is 11.3. The van der Waals surface area contributed by atoms with Gasteiger partial charge in [0, 0.05) is 36.6 Å². The average Bonchev–Trinajstić information content (AvgIpc) is 2.70. The van der Waals surface area contributed by atoms with E-state index in [2.05, 4.69) is 5.32 Å². The van der Waals surface area contributed by atoms with Crippen molar-refractivity contribution in [3.05, 3.63) is 23.8 Å². The molecule has 1 saturated carbocycles. The van der Waals surface area contributed by atoms with Gasteiger partial charge < -0.3 is 20.7 Å². The zero-order valence-electron chi connectivity index (χ0n) is 19.1. The van der Waals surface area contributed by atoms with E-state index in [1.807, 2.05) is 13.8 Å². The van der Waals surface area contributed by atoms with Crippen molar-refractivity contribution in [2.24, 2.45) is 17.6 Å². The molecule has 2 fully saturated rings. The van der Waals surface area contributed by atoms with Crippen LogP contribution in [0.15, 0.2) is 18.2 Å². The molecule has 3 amide bonds. The fourth-order valence-electron chi connectivity index (χ4n) is 4.24. The van der Waals surface area contributed by atoms with Crippen molar-refractivity contribution in [1.82, 2.24) is 4.90 Å². The van der Waals surface area contributed by atoms with Gasteiger partial charge >= 0.3 is 0 Å². The number of anilines is 2. The monoisotopic (exact) mass is 466 g/mol. The van der Waals surface area contributed by atoms with Crippen LogP contribution in [-0.4, -0.2) is 61.5 Å². The Hall–Kier alpha value is -2.59. The Kier molecular flexibility index (Phi) is 8.36. The first-order valence-electron chi connectivity index (χ1n) is 11.3. The third-order valence-electron chi connectivity index (χ3n) is 6.03. The van der Waals surface area contributed by atoms with Crippen molar-refractivity contribution in [3.8, 4) is 0 Å². The summed E-state index contributed by atoms with van der Waals surface area (Å²) < 4.78 is 32.8. The second kappa shape index (κ2) is 11.0. The van der Waals surface area contributed by atoms with Crippen molar-refractivity contribution in [1.29, 1.82) is 0 Å². The zero-order valence-corrected chi connectivity index (χ0v) is 19.1. The molecule has 0 spiro atoms. The summed E-state index contributed by atoms with van der Waals surface area (Å²) in [4.78, 5) is 40.6. The van der Waals surface area contributed by atoms with E-state index < -0.39 is 29.8 Å². The highest BCUT2D eigenvalue weighted by Crippen LogP contribution is 2.32. The quantitative estimate of drug-likeness (QED) is 0.516. The lowest BCUT2D eigenvalue weighted by molar-refractivity contribution is -0.133. The summed E-state index contributed by atoms with van der Waals surface area (Å²) in [6, 6.07) is 2.74. The predicted octanol–water partition coefficient (Wildman–Crippen LogP) is 2.54. The van der Waals surface area contributed by atoms with Gasteiger partial charge in [0.2, 0.25) is 5.91 Å². The maximum atomic E-state index is 13.9. The lowest BCUT2D eigenvalue weighted by Crippen LogP contribution is -2.54. The number of carbonyl (C=O) groups is 3. The minimum absolute atomic E-state index is 0.112. The molecule has 33 heavy (non-hydrogen) atoms. The summed E-state index contributed by atoms with van der Waals surface area (Å²) in [6.45, 7) is 5.43. The molecular weight excluding hydrogens is 434 g/mol. The van der Waals surface area contributed by atoms with Gasteiger partial charge in [-0.1, -0.05) is 20.3 Å². The summed E-state index contributed by atoms with van der Waals surface area (Å²) in [5.41, 5.74) is 5.35. The van der Waals surface area contributed by atoms with E-state index in [1.54, 1.807) is 4.90 Å². The highest BCUT2D eigenvalue weighted by atomic mass is 19.3. The maximum absolute atomic E-state index is 13.9. The highest BCUT2D eigenvalue weighted by molar-refractivity contribution is 6.10. The number of morpholine rings is 1. The Morgan fingerprint density at radius 3 is 2.58 bits per heavy atom. The van der Waals surface area contributed by atoms with Gasteiger partial charge in [0.1, 0.15) is 6.61 Å². The summed E-state index contributed by atoms with van der Waals surface area (Å²) in [7, 11) is 0. The molecule has 0 radical (unpaired) electrons. The van der Waals surface area contributed by atoms with E-state index in [0.717, 1.165) is 19.3 Å². The standard InChI is InChI=1S/C23H32F2N4O4/c1-14(2)11-28(12-15-4-3-5-15)20(22(26)31)23(32)27-18-7-6-16(10-17(18)21(24)25)29-8-9-33-13-19(29)30/h6-7,10,14-15,20-21H,3-5,8-9,11-13H2,1-2H3,(H2,26,31)(H,27,32)/t20-/m1/s1. The fourth-order valence-corrected chi connectivity index (χ4v) is 4.24. The SMILES string of the molecule is CC(C)CN(CC1CCC1)[C@H](C(N)=O)C(=O)Nc1ccc(N2CCOCC2=O)cc1C(F)F. The molecular formula is C23H32F2N4O4. The van der Waals surface area contributed by atoms with Crippen LogP contribution in [0.3, 0.4) is 0 Å². The Morgan fingerprint density at radius 1 is 1.30 bits per heavy atom. The van der Waals surface area contributed by atoms with Crippen molar-refractivity contribution in [2.45, 2.75) is 45.6 Å². The van der Waals surface area contributed by atoms with Crippen LogP contribution < -0.4 is 16.0 Å². The van der Waals surface area contributed by atoms with Crippen LogP contribution in [0, 0.1) is 11.8 Å². The number of halogens is 2. The lowest BCUT2D eigenvalue weighted by Gasteiger charge is -2.36. The van der Waals surface area contributed by atoms with Crippen molar-refractivity contribution < 1.29 is 27.9 Å². The molecule has 1 atom stereocenters. The normalized spacial score (nSPS) is 18.0. The number of benzene rings is 1. The van der Waals surface area contributed by atoms with Gasteiger partial charge in [0.25, 0.3) is 18.2 Å². The third-order valence-corrected chi connectivity index (χ3v) is 6.03. The fraction of sp³-hybridized carbons (Fsp3) is 0.609. The smallest absolute Gasteiger partial charge is 0.265 e. The number of hydrogen-bond acceptors (Lipinski definition) is 5. The van der Waals surface area contributed by atoms with Gasteiger partial charge in [0.15, 0.2) is 6.04 Å². The van der Waals surface area contributed by atoms with Crippen molar-refractivity contribution in [3.63, 3.8) is 0 Å². The molecule has 1 aromatic carbocycles.